The Morgan fingerprint density at radius 3 is 2.67 bits per heavy atom. The molecule has 0 saturated carbocycles. The van der Waals surface area contributed by atoms with Gasteiger partial charge in [0.2, 0.25) is 0 Å². The van der Waals surface area contributed by atoms with Crippen LogP contribution in [0.15, 0.2) is 39.4 Å². The summed E-state index contributed by atoms with van der Waals surface area (Å²) >= 11 is 3.22. The summed E-state index contributed by atoms with van der Waals surface area (Å²) in [4.78, 5) is 0. The smallest absolute Gasteiger partial charge is 0.137 e. The van der Waals surface area contributed by atoms with Gasteiger partial charge < -0.3 is 9.73 Å². The van der Waals surface area contributed by atoms with Crippen LogP contribution >= 0.6 is 15.9 Å². The van der Waals surface area contributed by atoms with E-state index in [2.05, 4.69) is 21.2 Å². The van der Waals surface area contributed by atoms with Crippen molar-refractivity contribution in [2.24, 2.45) is 0 Å². The van der Waals surface area contributed by atoms with Gasteiger partial charge in [0, 0.05) is 5.56 Å². The van der Waals surface area contributed by atoms with Gasteiger partial charge in [-0.2, -0.15) is 0 Å². The van der Waals surface area contributed by atoms with Gasteiger partial charge in [-0.3, -0.25) is 0 Å². The predicted molar refractivity (Wildman–Crippen MR) is 73.1 cm³/mol. The SMILES string of the molecule is CCNC(c1coc(C)c1)c1ccc(F)c(Br)c1. The quantitative estimate of drug-likeness (QED) is 0.916. The van der Waals surface area contributed by atoms with Crippen LogP contribution in [-0.2, 0) is 0 Å². The molecule has 2 rings (SSSR count). The molecule has 96 valence electrons. The van der Waals surface area contributed by atoms with E-state index in [-0.39, 0.29) is 11.9 Å². The van der Waals surface area contributed by atoms with Crippen LogP contribution in [0.2, 0.25) is 0 Å². The van der Waals surface area contributed by atoms with Crippen molar-refractivity contribution in [3.8, 4) is 0 Å². The number of hydrogen-bond donors (Lipinski definition) is 1. The summed E-state index contributed by atoms with van der Waals surface area (Å²) in [5.74, 6) is 0.617. The fourth-order valence-electron chi connectivity index (χ4n) is 1.94. The van der Waals surface area contributed by atoms with Gasteiger partial charge in [0.15, 0.2) is 0 Å². The van der Waals surface area contributed by atoms with E-state index in [1.807, 2.05) is 19.9 Å². The molecule has 1 unspecified atom stereocenters. The van der Waals surface area contributed by atoms with Crippen LogP contribution in [0.1, 0.15) is 29.9 Å². The predicted octanol–water partition coefficient (Wildman–Crippen LogP) is 4.19. The minimum absolute atomic E-state index is 0.0179. The maximum atomic E-state index is 13.3. The first-order valence-corrected chi connectivity index (χ1v) is 6.64. The molecular weight excluding hydrogens is 297 g/mol. The molecule has 0 amide bonds. The third-order valence-corrected chi connectivity index (χ3v) is 3.38. The Morgan fingerprint density at radius 2 is 2.11 bits per heavy atom. The fourth-order valence-corrected chi connectivity index (χ4v) is 2.34. The minimum atomic E-state index is -0.252. The molecule has 1 aromatic carbocycles. The van der Waals surface area contributed by atoms with E-state index >= 15 is 0 Å². The van der Waals surface area contributed by atoms with E-state index in [9.17, 15) is 4.39 Å². The first-order valence-electron chi connectivity index (χ1n) is 5.85. The zero-order valence-electron chi connectivity index (χ0n) is 10.3. The Bertz CT molecular complexity index is 538. The van der Waals surface area contributed by atoms with E-state index in [0.29, 0.717) is 4.47 Å². The summed E-state index contributed by atoms with van der Waals surface area (Å²) in [5.41, 5.74) is 2.05. The Kier molecular flexibility index (Phi) is 4.19. The zero-order chi connectivity index (χ0) is 13.1. The number of rotatable bonds is 4. The average Bonchev–Trinajstić information content (AvgIpc) is 2.76. The number of furan rings is 1. The first-order chi connectivity index (χ1) is 8.61. The van der Waals surface area contributed by atoms with E-state index < -0.39 is 0 Å². The van der Waals surface area contributed by atoms with Crippen molar-refractivity contribution >= 4 is 15.9 Å². The highest BCUT2D eigenvalue weighted by Crippen LogP contribution is 2.27. The molecule has 4 heteroatoms. The highest BCUT2D eigenvalue weighted by molar-refractivity contribution is 9.10. The van der Waals surface area contributed by atoms with E-state index in [4.69, 9.17) is 4.42 Å². The van der Waals surface area contributed by atoms with E-state index in [1.54, 1.807) is 18.4 Å². The van der Waals surface area contributed by atoms with E-state index in [0.717, 1.165) is 23.4 Å². The van der Waals surface area contributed by atoms with Gasteiger partial charge in [0.05, 0.1) is 16.8 Å². The minimum Gasteiger partial charge on any atom is -0.469 e. The lowest BCUT2D eigenvalue weighted by Crippen LogP contribution is -2.21. The van der Waals surface area contributed by atoms with Crippen molar-refractivity contribution < 1.29 is 8.81 Å². The number of halogens is 2. The van der Waals surface area contributed by atoms with Gasteiger partial charge in [-0.25, -0.2) is 4.39 Å². The second-order valence-corrected chi connectivity index (χ2v) is 5.01. The van der Waals surface area contributed by atoms with Gasteiger partial charge >= 0.3 is 0 Å². The van der Waals surface area contributed by atoms with Crippen molar-refractivity contribution in [1.29, 1.82) is 0 Å². The van der Waals surface area contributed by atoms with Gasteiger partial charge in [-0.05, 0) is 53.2 Å². The molecule has 1 atom stereocenters. The lowest BCUT2D eigenvalue weighted by Gasteiger charge is -2.17. The van der Waals surface area contributed by atoms with Crippen molar-refractivity contribution in [3.05, 3.63) is 57.7 Å². The molecule has 2 aromatic rings. The Morgan fingerprint density at radius 1 is 1.33 bits per heavy atom. The standard InChI is InChI=1S/C14H15BrFNO/c1-3-17-14(11-6-9(2)18-8-11)10-4-5-13(16)12(15)7-10/h4-8,14,17H,3H2,1-2H3. The summed E-state index contributed by atoms with van der Waals surface area (Å²) in [6, 6.07) is 7.06. The van der Waals surface area contributed by atoms with Crippen LogP contribution in [0.3, 0.4) is 0 Å². The number of benzene rings is 1. The van der Waals surface area contributed by atoms with Crippen LogP contribution in [0, 0.1) is 12.7 Å². The number of aryl methyl sites for hydroxylation is 1. The van der Waals surface area contributed by atoms with Crippen molar-refractivity contribution in [2.45, 2.75) is 19.9 Å². The second-order valence-electron chi connectivity index (χ2n) is 4.15. The van der Waals surface area contributed by atoms with Gasteiger partial charge in [-0.15, -0.1) is 0 Å². The monoisotopic (exact) mass is 311 g/mol. The van der Waals surface area contributed by atoms with Crippen LogP contribution in [-0.4, -0.2) is 6.54 Å². The normalized spacial score (nSPS) is 12.7. The number of nitrogens with one attached hydrogen (secondary N) is 1. The molecule has 1 aromatic heterocycles. The highest BCUT2D eigenvalue weighted by atomic mass is 79.9. The van der Waals surface area contributed by atoms with E-state index in [1.165, 1.54) is 6.07 Å². The molecule has 2 nitrogen and oxygen atoms in total. The highest BCUT2D eigenvalue weighted by Gasteiger charge is 2.16. The molecule has 0 aliphatic carbocycles. The van der Waals surface area contributed by atoms with Crippen LogP contribution < -0.4 is 5.32 Å². The molecule has 0 aliphatic rings. The van der Waals surface area contributed by atoms with Gasteiger partial charge in [-0.1, -0.05) is 13.0 Å². The molecular formula is C14H15BrFNO. The summed E-state index contributed by atoms with van der Waals surface area (Å²) < 4.78 is 19.1. The summed E-state index contributed by atoms with van der Waals surface area (Å²) in [7, 11) is 0. The van der Waals surface area contributed by atoms with Gasteiger partial charge in [0.1, 0.15) is 11.6 Å². The average molecular weight is 312 g/mol. The fraction of sp³-hybridized carbons (Fsp3) is 0.286. The molecule has 0 fully saturated rings. The second kappa shape index (κ2) is 5.67. The molecule has 1 N–H and O–H groups in total. The van der Waals surface area contributed by atoms with Gasteiger partial charge in [0.25, 0.3) is 0 Å². The molecule has 1 heterocycles. The molecule has 0 bridgehead atoms. The molecule has 18 heavy (non-hydrogen) atoms. The third kappa shape index (κ3) is 2.82. The summed E-state index contributed by atoms with van der Waals surface area (Å²) in [6.07, 6.45) is 1.74. The van der Waals surface area contributed by atoms with Crippen LogP contribution in [0.4, 0.5) is 4.39 Å². The molecule has 0 radical (unpaired) electrons. The first kappa shape index (κ1) is 13.3. The van der Waals surface area contributed by atoms with Crippen molar-refractivity contribution in [1.82, 2.24) is 5.32 Å². The molecule has 0 saturated heterocycles. The maximum absolute atomic E-state index is 13.3. The van der Waals surface area contributed by atoms with Crippen molar-refractivity contribution in [3.63, 3.8) is 0 Å². The Hall–Kier alpha value is -1.13. The lowest BCUT2D eigenvalue weighted by molar-refractivity contribution is 0.525. The van der Waals surface area contributed by atoms with Crippen LogP contribution in [0.5, 0.6) is 0 Å². The summed E-state index contributed by atoms with van der Waals surface area (Å²) in [5, 5.41) is 3.37. The zero-order valence-corrected chi connectivity index (χ0v) is 11.9. The van der Waals surface area contributed by atoms with Crippen LogP contribution in [0.25, 0.3) is 0 Å². The lowest BCUT2D eigenvalue weighted by atomic mass is 10.0. The summed E-state index contributed by atoms with van der Waals surface area (Å²) in [6.45, 7) is 4.77. The van der Waals surface area contributed by atoms with Crippen molar-refractivity contribution in [2.75, 3.05) is 6.54 Å². The maximum Gasteiger partial charge on any atom is 0.137 e. The topological polar surface area (TPSA) is 25.2 Å². The largest absolute Gasteiger partial charge is 0.469 e. The Labute approximate surface area is 114 Å². The molecule has 0 aliphatic heterocycles. The number of hydrogen-bond acceptors (Lipinski definition) is 2. The molecule has 0 spiro atoms. The Balaban J connectivity index is 2.37. The third-order valence-electron chi connectivity index (χ3n) is 2.77.